The molecule has 0 saturated carbocycles. The summed E-state index contributed by atoms with van der Waals surface area (Å²) >= 11 is 0. The Balaban J connectivity index is 1.75. The Hall–Kier alpha value is -3.33. The second kappa shape index (κ2) is 8.78. The molecular formula is C20H25N5O4. The van der Waals surface area contributed by atoms with Gasteiger partial charge in [-0.05, 0) is 31.2 Å². The largest absolute Gasteiger partial charge is 0.444 e. The molecule has 3 unspecified atom stereocenters. The van der Waals surface area contributed by atoms with E-state index in [4.69, 9.17) is 20.9 Å². The number of nitrogens with zero attached hydrogens (tertiary/aromatic N) is 2. The predicted octanol–water partition coefficient (Wildman–Crippen LogP) is 1.99. The van der Waals surface area contributed by atoms with E-state index in [1.807, 2.05) is 11.8 Å². The fourth-order valence-electron chi connectivity index (χ4n) is 3.52. The third kappa shape index (κ3) is 4.57. The van der Waals surface area contributed by atoms with Gasteiger partial charge in [-0.3, -0.25) is 4.79 Å². The van der Waals surface area contributed by atoms with Gasteiger partial charge in [0.2, 0.25) is 0 Å². The molecule has 9 heteroatoms. The SMILES string of the molecule is COC(C)C1C(OC(N)=O)CCN1c1ccc(C(=O)Nc2ccccc2N)cn1. The molecule has 9 nitrogen and oxygen atoms in total. The highest BCUT2D eigenvalue weighted by Gasteiger charge is 2.41. The molecule has 2 aromatic rings. The van der Waals surface area contributed by atoms with E-state index >= 15 is 0 Å². The number of rotatable bonds is 6. The number of nitrogen functional groups attached to an aromatic ring is 1. The van der Waals surface area contributed by atoms with Crippen LogP contribution in [0.25, 0.3) is 0 Å². The van der Waals surface area contributed by atoms with Gasteiger partial charge in [0.25, 0.3) is 5.91 Å². The van der Waals surface area contributed by atoms with E-state index in [9.17, 15) is 9.59 Å². The molecule has 0 spiro atoms. The Labute approximate surface area is 169 Å². The standard InChI is InChI=1S/C20H25N5O4/c1-12(28-2)18-16(29-20(22)27)9-10-25(18)17-8-7-13(11-23-17)19(26)24-15-6-4-3-5-14(15)21/h3-8,11-12,16,18H,9-10,21H2,1-2H3,(H2,22,27)(H,24,26). The molecule has 2 heterocycles. The van der Waals surface area contributed by atoms with Crippen LogP contribution < -0.4 is 21.7 Å². The highest BCUT2D eigenvalue weighted by Crippen LogP contribution is 2.29. The van der Waals surface area contributed by atoms with Crippen LogP contribution in [0.5, 0.6) is 0 Å². The van der Waals surface area contributed by atoms with Crippen LogP contribution >= 0.6 is 0 Å². The minimum Gasteiger partial charge on any atom is -0.444 e. The fraction of sp³-hybridized carbons (Fsp3) is 0.350. The first-order chi connectivity index (χ1) is 13.9. The van der Waals surface area contributed by atoms with Crippen LogP contribution in [0.1, 0.15) is 23.7 Å². The molecule has 3 rings (SSSR count). The van der Waals surface area contributed by atoms with Crippen molar-refractivity contribution in [2.45, 2.75) is 31.6 Å². The number of primary amides is 1. The molecule has 1 aliphatic rings. The number of para-hydroxylation sites is 2. The van der Waals surface area contributed by atoms with Gasteiger partial charge in [-0.15, -0.1) is 0 Å². The molecule has 1 aliphatic heterocycles. The Morgan fingerprint density at radius 1 is 1.28 bits per heavy atom. The average molecular weight is 399 g/mol. The van der Waals surface area contributed by atoms with Crippen molar-refractivity contribution in [3.05, 3.63) is 48.2 Å². The third-order valence-electron chi connectivity index (χ3n) is 5.03. The van der Waals surface area contributed by atoms with Crippen molar-refractivity contribution in [2.75, 3.05) is 29.6 Å². The number of methoxy groups -OCH3 is 1. The molecule has 0 aliphatic carbocycles. The molecule has 154 valence electrons. The molecule has 1 saturated heterocycles. The molecule has 5 N–H and O–H groups in total. The molecule has 0 radical (unpaired) electrons. The average Bonchev–Trinajstić information content (AvgIpc) is 3.12. The summed E-state index contributed by atoms with van der Waals surface area (Å²) in [6.45, 7) is 2.52. The molecule has 2 amide bonds. The molecule has 29 heavy (non-hydrogen) atoms. The van der Waals surface area contributed by atoms with Gasteiger partial charge < -0.3 is 31.2 Å². The zero-order valence-electron chi connectivity index (χ0n) is 16.4. The van der Waals surface area contributed by atoms with Crippen LogP contribution in [0.3, 0.4) is 0 Å². The van der Waals surface area contributed by atoms with Crippen LogP contribution in [-0.2, 0) is 9.47 Å². The van der Waals surface area contributed by atoms with Crippen LogP contribution in [0, 0.1) is 0 Å². The Kier molecular flexibility index (Phi) is 6.18. The summed E-state index contributed by atoms with van der Waals surface area (Å²) in [5.74, 6) is 0.352. The van der Waals surface area contributed by atoms with E-state index in [2.05, 4.69) is 10.3 Å². The van der Waals surface area contributed by atoms with Crippen LogP contribution in [-0.4, -0.2) is 48.9 Å². The normalized spacial score (nSPS) is 19.6. The van der Waals surface area contributed by atoms with Crippen molar-refractivity contribution in [3.8, 4) is 0 Å². The highest BCUT2D eigenvalue weighted by atomic mass is 16.6. The van der Waals surface area contributed by atoms with Crippen LogP contribution in [0.2, 0.25) is 0 Å². The summed E-state index contributed by atoms with van der Waals surface area (Å²) in [6, 6.07) is 10.2. The first-order valence-electron chi connectivity index (χ1n) is 9.28. The van der Waals surface area contributed by atoms with Crippen molar-refractivity contribution in [2.24, 2.45) is 5.73 Å². The van der Waals surface area contributed by atoms with Crippen LogP contribution in [0.4, 0.5) is 22.0 Å². The van der Waals surface area contributed by atoms with E-state index in [1.165, 1.54) is 6.20 Å². The number of amides is 2. The number of carbonyl (C=O) groups is 2. The van der Waals surface area contributed by atoms with E-state index < -0.39 is 12.2 Å². The van der Waals surface area contributed by atoms with Gasteiger partial charge in [-0.1, -0.05) is 12.1 Å². The summed E-state index contributed by atoms with van der Waals surface area (Å²) < 4.78 is 10.7. The first-order valence-corrected chi connectivity index (χ1v) is 9.28. The maximum absolute atomic E-state index is 12.5. The van der Waals surface area contributed by atoms with Crippen molar-refractivity contribution in [3.63, 3.8) is 0 Å². The third-order valence-corrected chi connectivity index (χ3v) is 5.03. The zero-order valence-corrected chi connectivity index (χ0v) is 16.4. The number of anilines is 3. The van der Waals surface area contributed by atoms with Gasteiger partial charge in [0, 0.05) is 26.3 Å². The lowest BCUT2D eigenvalue weighted by atomic mass is 10.1. The number of nitrogens with two attached hydrogens (primary N) is 2. The van der Waals surface area contributed by atoms with E-state index in [1.54, 1.807) is 43.5 Å². The Bertz CT molecular complexity index is 873. The number of ether oxygens (including phenoxy) is 2. The lowest BCUT2D eigenvalue weighted by Gasteiger charge is -2.32. The highest BCUT2D eigenvalue weighted by molar-refractivity contribution is 6.05. The van der Waals surface area contributed by atoms with Crippen molar-refractivity contribution in [1.29, 1.82) is 0 Å². The number of pyridine rings is 1. The fourth-order valence-corrected chi connectivity index (χ4v) is 3.52. The molecule has 1 aromatic heterocycles. The van der Waals surface area contributed by atoms with Gasteiger partial charge in [-0.2, -0.15) is 0 Å². The van der Waals surface area contributed by atoms with Gasteiger partial charge in [0.15, 0.2) is 0 Å². The summed E-state index contributed by atoms with van der Waals surface area (Å²) in [5.41, 5.74) is 12.5. The molecule has 0 bridgehead atoms. The topological polar surface area (TPSA) is 133 Å². The lowest BCUT2D eigenvalue weighted by Crippen LogP contribution is -2.46. The Morgan fingerprint density at radius 2 is 2.03 bits per heavy atom. The van der Waals surface area contributed by atoms with Crippen molar-refractivity contribution >= 4 is 29.2 Å². The predicted molar refractivity (Wildman–Crippen MR) is 110 cm³/mol. The number of carbonyl (C=O) groups excluding carboxylic acids is 2. The smallest absolute Gasteiger partial charge is 0.404 e. The van der Waals surface area contributed by atoms with Gasteiger partial charge in [0.05, 0.1) is 29.1 Å². The monoisotopic (exact) mass is 399 g/mol. The number of aromatic nitrogens is 1. The number of hydrogen-bond donors (Lipinski definition) is 3. The quantitative estimate of drug-likeness (QED) is 0.633. The second-order valence-electron chi connectivity index (χ2n) is 6.84. The minimum atomic E-state index is -0.815. The first kappa shape index (κ1) is 20.4. The van der Waals surface area contributed by atoms with E-state index in [0.717, 1.165) is 0 Å². The molecule has 1 aromatic carbocycles. The zero-order chi connectivity index (χ0) is 21.0. The van der Waals surface area contributed by atoms with Gasteiger partial charge in [0.1, 0.15) is 11.9 Å². The number of benzene rings is 1. The van der Waals surface area contributed by atoms with Gasteiger partial charge in [-0.25, -0.2) is 9.78 Å². The minimum absolute atomic E-state index is 0.215. The Morgan fingerprint density at radius 3 is 2.66 bits per heavy atom. The lowest BCUT2D eigenvalue weighted by molar-refractivity contribution is 0.0357. The summed E-state index contributed by atoms with van der Waals surface area (Å²) in [6.07, 6.45) is 0.685. The summed E-state index contributed by atoms with van der Waals surface area (Å²) in [7, 11) is 1.60. The van der Waals surface area contributed by atoms with Crippen molar-refractivity contribution in [1.82, 2.24) is 4.98 Å². The number of nitrogens with one attached hydrogen (secondary N) is 1. The molecular weight excluding hydrogens is 374 g/mol. The maximum atomic E-state index is 12.5. The maximum Gasteiger partial charge on any atom is 0.404 e. The molecule has 3 atom stereocenters. The van der Waals surface area contributed by atoms with Gasteiger partial charge >= 0.3 is 6.09 Å². The van der Waals surface area contributed by atoms with Crippen molar-refractivity contribution < 1.29 is 19.1 Å². The molecule has 1 fully saturated rings. The second-order valence-corrected chi connectivity index (χ2v) is 6.84. The number of hydrogen-bond acceptors (Lipinski definition) is 7. The summed E-state index contributed by atoms with van der Waals surface area (Å²) in [5, 5.41) is 2.77. The summed E-state index contributed by atoms with van der Waals surface area (Å²) in [4.78, 5) is 30.1. The van der Waals surface area contributed by atoms with Crippen LogP contribution in [0.15, 0.2) is 42.6 Å². The van der Waals surface area contributed by atoms with E-state index in [0.29, 0.717) is 35.7 Å². The van der Waals surface area contributed by atoms with E-state index in [-0.39, 0.29) is 18.1 Å².